The van der Waals surface area contributed by atoms with E-state index in [9.17, 15) is 9.90 Å². The van der Waals surface area contributed by atoms with E-state index < -0.39 is 5.97 Å². The molecular formula is C14H19NO3. The Morgan fingerprint density at radius 2 is 2.06 bits per heavy atom. The SMILES string of the molecule is Cc1ccc(OC2CCN(C)CC2)c(C(=O)O)c1. The molecule has 0 unspecified atom stereocenters. The highest BCUT2D eigenvalue weighted by Gasteiger charge is 2.20. The van der Waals surface area contributed by atoms with Gasteiger partial charge in [-0.05, 0) is 38.9 Å². The molecule has 1 aliphatic rings. The van der Waals surface area contributed by atoms with Gasteiger partial charge in [0.25, 0.3) is 0 Å². The Labute approximate surface area is 107 Å². The molecule has 1 aliphatic heterocycles. The lowest BCUT2D eigenvalue weighted by Gasteiger charge is -2.29. The summed E-state index contributed by atoms with van der Waals surface area (Å²) in [6, 6.07) is 5.31. The lowest BCUT2D eigenvalue weighted by molar-refractivity contribution is 0.0681. The van der Waals surface area contributed by atoms with Gasteiger partial charge >= 0.3 is 5.97 Å². The Morgan fingerprint density at radius 3 is 2.67 bits per heavy atom. The van der Waals surface area contributed by atoms with Crippen molar-refractivity contribution in [3.63, 3.8) is 0 Å². The highest BCUT2D eigenvalue weighted by molar-refractivity contribution is 5.91. The predicted molar refractivity (Wildman–Crippen MR) is 69.3 cm³/mol. The van der Waals surface area contributed by atoms with Crippen molar-refractivity contribution < 1.29 is 14.6 Å². The molecule has 0 spiro atoms. The zero-order valence-electron chi connectivity index (χ0n) is 10.8. The molecule has 0 saturated carbocycles. The van der Waals surface area contributed by atoms with Crippen LogP contribution in [0.25, 0.3) is 0 Å². The zero-order valence-corrected chi connectivity index (χ0v) is 10.8. The molecule has 0 aromatic heterocycles. The Kier molecular flexibility index (Phi) is 3.87. The molecular weight excluding hydrogens is 230 g/mol. The quantitative estimate of drug-likeness (QED) is 0.892. The van der Waals surface area contributed by atoms with Crippen LogP contribution in [0.15, 0.2) is 18.2 Å². The molecule has 4 nitrogen and oxygen atoms in total. The Hall–Kier alpha value is -1.55. The van der Waals surface area contributed by atoms with Gasteiger partial charge in [0, 0.05) is 13.1 Å². The van der Waals surface area contributed by atoms with Gasteiger partial charge in [-0.1, -0.05) is 11.6 Å². The first-order chi connectivity index (χ1) is 8.56. The predicted octanol–water partition coefficient (Wildman–Crippen LogP) is 2.17. The molecule has 1 fully saturated rings. The van der Waals surface area contributed by atoms with Gasteiger partial charge in [-0.2, -0.15) is 0 Å². The monoisotopic (exact) mass is 249 g/mol. The van der Waals surface area contributed by atoms with Crippen LogP contribution in [0, 0.1) is 6.92 Å². The maximum atomic E-state index is 11.2. The van der Waals surface area contributed by atoms with E-state index in [1.54, 1.807) is 12.1 Å². The van der Waals surface area contributed by atoms with Gasteiger partial charge in [0.1, 0.15) is 17.4 Å². The maximum Gasteiger partial charge on any atom is 0.339 e. The Balaban J connectivity index is 2.11. The average Bonchev–Trinajstić information content (AvgIpc) is 2.34. The first-order valence-electron chi connectivity index (χ1n) is 6.25. The number of carboxylic acids is 1. The van der Waals surface area contributed by atoms with Crippen LogP contribution in [0.3, 0.4) is 0 Å². The minimum absolute atomic E-state index is 0.127. The van der Waals surface area contributed by atoms with Crippen molar-refractivity contribution >= 4 is 5.97 Å². The molecule has 0 radical (unpaired) electrons. The molecule has 0 bridgehead atoms. The van der Waals surface area contributed by atoms with Crippen LogP contribution in [0.4, 0.5) is 0 Å². The van der Waals surface area contributed by atoms with E-state index in [4.69, 9.17) is 4.74 Å². The van der Waals surface area contributed by atoms with Crippen molar-refractivity contribution in [3.05, 3.63) is 29.3 Å². The van der Waals surface area contributed by atoms with Crippen molar-refractivity contribution in [1.82, 2.24) is 4.90 Å². The fourth-order valence-electron chi connectivity index (χ4n) is 2.20. The van der Waals surface area contributed by atoms with Crippen LogP contribution in [0.2, 0.25) is 0 Å². The number of hydrogen-bond donors (Lipinski definition) is 1. The van der Waals surface area contributed by atoms with Crippen LogP contribution in [0.1, 0.15) is 28.8 Å². The van der Waals surface area contributed by atoms with Crippen molar-refractivity contribution in [2.45, 2.75) is 25.9 Å². The van der Waals surface area contributed by atoms with E-state index in [-0.39, 0.29) is 11.7 Å². The minimum Gasteiger partial charge on any atom is -0.489 e. The smallest absolute Gasteiger partial charge is 0.339 e. The molecule has 0 atom stereocenters. The highest BCUT2D eigenvalue weighted by Crippen LogP contribution is 2.24. The number of piperidine rings is 1. The van der Waals surface area contributed by atoms with Gasteiger partial charge < -0.3 is 14.7 Å². The lowest BCUT2D eigenvalue weighted by atomic mass is 10.1. The van der Waals surface area contributed by atoms with Crippen LogP contribution in [-0.2, 0) is 0 Å². The second kappa shape index (κ2) is 5.40. The first-order valence-corrected chi connectivity index (χ1v) is 6.25. The number of hydrogen-bond acceptors (Lipinski definition) is 3. The summed E-state index contributed by atoms with van der Waals surface area (Å²) in [5, 5.41) is 9.17. The molecule has 0 aliphatic carbocycles. The third kappa shape index (κ3) is 3.01. The largest absolute Gasteiger partial charge is 0.489 e. The summed E-state index contributed by atoms with van der Waals surface area (Å²) in [7, 11) is 2.09. The number of benzene rings is 1. The fourth-order valence-corrected chi connectivity index (χ4v) is 2.20. The van der Waals surface area contributed by atoms with Gasteiger partial charge in [-0.3, -0.25) is 0 Å². The molecule has 4 heteroatoms. The highest BCUT2D eigenvalue weighted by atomic mass is 16.5. The molecule has 0 amide bonds. The van der Waals surface area contributed by atoms with Gasteiger partial charge in [0.15, 0.2) is 0 Å². The number of nitrogens with zero attached hydrogens (tertiary/aromatic N) is 1. The van der Waals surface area contributed by atoms with Crippen molar-refractivity contribution in [2.75, 3.05) is 20.1 Å². The Bertz CT molecular complexity index is 437. The summed E-state index contributed by atoms with van der Waals surface area (Å²) >= 11 is 0. The number of aryl methyl sites for hydroxylation is 1. The van der Waals surface area contributed by atoms with Crippen molar-refractivity contribution in [1.29, 1.82) is 0 Å². The van der Waals surface area contributed by atoms with Gasteiger partial charge in [-0.15, -0.1) is 0 Å². The normalized spacial score (nSPS) is 17.7. The zero-order chi connectivity index (χ0) is 13.1. The summed E-state index contributed by atoms with van der Waals surface area (Å²) < 4.78 is 5.84. The number of likely N-dealkylation sites (tertiary alicyclic amines) is 1. The van der Waals surface area contributed by atoms with Crippen molar-refractivity contribution in [3.8, 4) is 5.75 Å². The number of ether oxygens (including phenoxy) is 1. The molecule has 98 valence electrons. The van der Waals surface area contributed by atoms with Gasteiger partial charge in [-0.25, -0.2) is 4.79 Å². The summed E-state index contributed by atoms with van der Waals surface area (Å²) in [6.45, 7) is 3.88. The fraction of sp³-hybridized carbons (Fsp3) is 0.500. The van der Waals surface area contributed by atoms with Crippen LogP contribution < -0.4 is 4.74 Å². The molecule has 1 heterocycles. The molecule has 1 saturated heterocycles. The second-order valence-electron chi connectivity index (χ2n) is 4.93. The summed E-state index contributed by atoms with van der Waals surface area (Å²) in [5.74, 6) is -0.440. The maximum absolute atomic E-state index is 11.2. The molecule has 18 heavy (non-hydrogen) atoms. The van der Waals surface area contributed by atoms with E-state index in [2.05, 4.69) is 11.9 Å². The molecule has 1 aromatic rings. The van der Waals surface area contributed by atoms with Crippen LogP contribution in [0.5, 0.6) is 5.75 Å². The van der Waals surface area contributed by atoms with Crippen LogP contribution >= 0.6 is 0 Å². The lowest BCUT2D eigenvalue weighted by Crippen LogP contribution is -2.35. The van der Waals surface area contributed by atoms with Crippen LogP contribution in [-0.4, -0.2) is 42.2 Å². The number of carbonyl (C=O) groups is 1. The summed E-state index contributed by atoms with van der Waals surface area (Å²) in [4.78, 5) is 13.4. The minimum atomic E-state index is -0.929. The van der Waals surface area contributed by atoms with Crippen molar-refractivity contribution in [2.24, 2.45) is 0 Å². The topological polar surface area (TPSA) is 49.8 Å². The second-order valence-corrected chi connectivity index (χ2v) is 4.93. The summed E-state index contributed by atoms with van der Waals surface area (Å²) in [6.07, 6.45) is 2.02. The first kappa shape index (κ1) is 12.9. The molecule has 1 N–H and O–H groups in total. The number of rotatable bonds is 3. The number of aromatic carboxylic acids is 1. The average molecular weight is 249 g/mol. The van der Waals surface area contributed by atoms with Gasteiger partial charge in [0.05, 0.1) is 0 Å². The third-order valence-electron chi connectivity index (χ3n) is 3.32. The summed E-state index contributed by atoms with van der Waals surface area (Å²) in [5.41, 5.74) is 1.19. The van der Waals surface area contributed by atoms with E-state index in [0.717, 1.165) is 31.5 Å². The van der Waals surface area contributed by atoms with Gasteiger partial charge in [0.2, 0.25) is 0 Å². The third-order valence-corrected chi connectivity index (χ3v) is 3.32. The van der Waals surface area contributed by atoms with E-state index in [0.29, 0.717) is 5.75 Å². The van der Waals surface area contributed by atoms with E-state index in [1.165, 1.54) is 0 Å². The standard InChI is InChI=1S/C14H19NO3/c1-10-3-4-13(12(9-10)14(16)17)18-11-5-7-15(2)8-6-11/h3-4,9,11H,5-8H2,1-2H3,(H,16,17). The van der Waals surface area contributed by atoms with E-state index >= 15 is 0 Å². The number of carboxylic acid groups (broad SMARTS) is 1. The van der Waals surface area contributed by atoms with E-state index in [1.807, 2.05) is 13.0 Å². The molecule has 1 aromatic carbocycles. The Morgan fingerprint density at radius 1 is 1.39 bits per heavy atom. The molecule has 2 rings (SSSR count).